The van der Waals surface area contributed by atoms with Gasteiger partial charge in [-0.1, -0.05) is 55.5 Å². The maximum Gasteiger partial charge on any atom is 0.234 e. The Kier molecular flexibility index (Phi) is 7.44. The Bertz CT molecular complexity index is 907. The fraction of sp³-hybridized carbons (Fsp3) is 0.292. The van der Waals surface area contributed by atoms with Gasteiger partial charge in [0.2, 0.25) is 5.91 Å². The van der Waals surface area contributed by atoms with E-state index in [1.807, 2.05) is 37.3 Å². The zero-order valence-corrected chi connectivity index (χ0v) is 18.0. The summed E-state index contributed by atoms with van der Waals surface area (Å²) in [6, 6.07) is 20.4. The first-order chi connectivity index (χ1) is 14.1. The van der Waals surface area contributed by atoms with Crippen LogP contribution in [-0.2, 0) is 11.2 Å². The van der Waals surface area contributed by atoms with Crippen LogP contribution >= 0.6 is 11.3 Å². The monoisotopic (exact) mass is 408 g/mol. The largest absolute Gasteiger partial charge is 0.496 e. The molecular weight excluding hydrogens is 380 g/mol. The number of para-hydroxylation sites is 1. The molecule has 5 heteroatoms. The number of methoxy groups -OCH3 is 1. The van der Waals surface area contributed by atoms with Crippen molar-refractivity contribution in [1.29, 1.82) is 0 Å². The predicted molar refractivity (Wildman–Crippen MR) is 120 cm³/mol. The highest BCUT2D eigenvalue weighted by Gasteiger charge is 2.18. The van der Waals surface area contributed by atoms with Crippen molar-refractivity contribution < 1.29 is 9.53 Å². The summed E-state index contributed by atoms with van der Waals surface area (Å²) >= 11 is 1.69. The van der Waals surface area contributed by atoms with Crippen molar-refractivity contribution in [2.75, 3.05) is 13.7 Å². The minimum atomic E-state index is -0.135. The molecule has 0 spiro atoms. The lowest BCUT2D eigenvalue weighted by Crippen LogP contribution is -2.37. The number of amides is 1. The van der Waals surface area contributed by atoms with Crippen molar-refractivity contribution in [3.8, 4) is 5.75 Å². The number of aryl methyl sites for hydroxylation is 1. The molecule has 3 aromatic rings. The summed E-state index contributed by atoms with van der Waals surface area (Å²) in [5.41, 5.74) is 3.44. The third kappa shape index (κ3) is 5.46. The summed E-state index contributed by atoms with van der Waals surface area (Å²) in [4.78, 5) is 13.8. The third-order valence-electron chi connectivity index (χ3n) is 5.00. The lowest BCUT2D eigenvalue weighted by molar-refractivity contribution is -0.121. The number of hydrogen-bond donors (Lipinski definition) is 2. The van der Waals surface area contributed by atoms with Crippen molar-refractivity contribution in [2.45, 2.75) is 32.4 Å². The van der Waals surface area contributed by atoms with Gasteiger partial charge in [-0.3, -0.25) is 10.1 Å². The fourth-order valence-corrected chi connectivity index (χ4v) is 4.20. The quantitative estimate of drug-likeness (QED) is 0.531. The van der Waals surface area contributed by atoms with Gasteiger partial charge in [-0.15, -0.1) is 11.3 Å². The summed E-state index contributed by atoms with van der Waals surface area (Å²) in [5.74, 6) is 0.732. The molecule has 0 saturated carbocycles. The van der Waals surface area contributed by atoms with Crippen molar-refractivity contribution in [1.82, 2.24) is 10.6 Å². The van der Waals surface area contributed by atoms with E-state index in [0.717, 1.165) is 23.3 Å². The standard InChI is InChI=1S/C24H28N2O2S/c1-4-18-11-13-19(14-12-18)24(22-10-7-15-29-22)25-16-23(27)26-17(2)20-8-5-6-9-21(20)28-3/h5-15,17,24-25H,4,16H2,1-3H3,(H,26,27). The van der Waals surface area contributed by atoms with Crippen LogP contribution in [0, 0.1) is 0 Å². The van der Waals surface area contributed by atoms with Crippen LogP contribution < -0.4 is 15.4 Å². The van der Waals surface area contributed by atoms with Crippen molar-refractivity contribution in [3.05, 3.63) is 87.6 Å². The highest BCUT2D eigenvalue weighted by molar-refractivity contribution is 7.10. The third-order valence-corrected chi connectivity index (χ3v) is 5.94. The normalized spacial score (nSPS) is 12.9. The Morgan fingerprint density at radius 3 is 2.48 bits per heavy atom. The Balaban J connectivity index is 1.66. The van der Waals surface area contributed by atoms with Crippen molar-refractivity contribution in [2.24, 2.45) is 0 Å². The molecule has 1 aromatic heterocycles. The van der Waals surface area contributed by atoms with Crippen LogP contribution in [0.2, 0.25) is 0 Å². The smallest absolute Gasteiger partial charge is 0.234 e. The van der Waals surface area contributed by atoms with E-state index in [1.54, 1.807) is 18.4 Å². The molecule has 3 rings (SSSR count). The van der Waals surface area contributed by atoms with Crippen LogP contribution in [0.5, 0.6) is 5.75 Å². The minimum Gasteiger partial charge on any atom is -0.496 e. The van der Waals surface area contributed by atoms with Gasteiger partial charge in [0.1, 0.15) is 5.75 Å². The number of ether oxygens (including phenoxy) is 1. The number of benzene rings is 2. The first-order valence-corrected chi connectivity index (χ1v) is 10.8. The van der Waals surface area contributed by atoms with Gasteiger partial charge in [-0.2, -0.15) is 0 Å². The SMILES string of the molecule is CCc1ccc(C(NCC(=O)NC(C)c2ccccc2OC)c2cccs2)cc1. The van der Waals surface area contributed by atoms with Crippen LogP contribution in [0.15, 0.2) is 66.0 Å². The van der Waals surface area contributed by atoms with Crippen LogP contribution in [-0.4, -0.2) is 19.6 Å². The van der Waals surface area contributed by atoms with E-state index < -0.39 is 0 Å². The molecule has 2 atom stereocenters. The van der Waals surface area contributed by atoms with Gasteiger partial charge in [0.25, 0.3) is 0 Å². The Morgan fingerprint density at radius 1 is 1.07 bits per heavy atom. The molecule has 4 nitrogen and oxygen atoms in total. The van der Waals surface area contributed by atoms with Crippen molar-refractivity contribution >= 4 is 17.2 Å². The topological polar surface area (TPSA) is 50.4 Å². The predicted octanol–water partition coefficient (Wildman–Crippen LogP) is 4.88. The second kappa shape index (κ2) is 10.2. The molecule has 1 amide bonds. The fourth-order valence-electron chi connectivity index (χ4n) is 3.37. The van der Waals surface area contributed by atoms with Crippen LogP contribution in [0.25, 0.3) is 0 Å². The maximum absolute atomic E-state index is 12.6. The molecule has 0 fully saturated rings. The molecule has 0 aliphatic carbocycles. The zero-order valence-electron chi connectivity index (χ0n) is 17.1. The van der Waals surface area contributed by atoms with E-state index in [4.69, 9.17) is 4.74 Å². The number of rotatable bonds is 9. The molecule has 29 heavy (non-hydrogen) atoms. The van der Waals surface area contributed by atoms with Crippen molar-refractivity contribution in [3.63, 3.8) is 0 Å². The summed E-state index contributed by atoms with van der Waals surface area (Å²) < 4.78 is 5.41. The van der Waals surface area contributed by atoms with E-state index in [1.165, 1.54) is 10.4 Å². The van der Waals surface area contributed by atoms with E-state index in [9.17, 15) is 4.79 Å². The second-order valence-electron chi connectivity index (χ2n) is 6.96. The van der Waals surface area contributed by atoms with Gasteiger partial charge >= 0.3 is 0 Å². The van der Waals surface area contributed by atoms with E-state index in [2.05, 4.69) is 53.3 Å². The zero-order chi connectivity index (χ0) is 20.6. The molecule has 0 radical (unpaired) electrons. The first-order valence-electron chi connectivity index (χ1n) is 9.90. The molecular formula is C24H28N2O2S. The average molecular weight is 409 g/mol. The summed E-state index contributed by atoms with van der Waals surface area (Å²) in [7, 11) is 1.64. The van der Waals surface area contributed by atoms with Crippen LogP contribution in [0.1, 0.15) is 47.5 Å². The maximum atomic E-state index is 12.6. The van der Waals surface area contributed by atoms with Gasteiger partial charge in [0.05, 0.1) is 25.7 Å². The second-order valence-corrected chi connectivity index (χ2v) is 7.93. The number of thiophene rings is 1. The summed E-state index contributed by atoms with van der Waals surface area (Å²) in [5, 5.41) is 8.56. The number of hydrogen-bond acceptors (Lipinski definition) is 4. The Morgan fingerprint density at radius 2 is 1.83 bits per heavy atom. The minimum absolute atomic E-state index is 0.00627. The molecule has 2 N–H and O–H groups in total. The molecule has 1 heterocycles. The molecule has 2 aromatic carbocycles. The molecule has 2 unspecified atom stereocenters. The lowest BCUT2D eigenvalue weighted by Gasteiger charge is -2.20. The molecule has 0 aliphatic rings. The molecule has 0 saturated heterocycles. The van der Waals surface area contributed by atoms with Crippen LogP contribution in [0.3, 0.4) is 0 Å². The highest BCUT2D eigenvalue weighted by atomic mass is 32.1. The van der Waals surface area contributed by atoms with E-state index in [0.29, 0.717) is 0 Å². The Hall–Kier alpha value is -2.63. The molecule has 0 bridgehead atoms. The van der Waals surface area contributed by atoms with Gasteiger partial charge in [-0.25, -0.2) is 0 Å². The van der Waals surface area contributed by atoms with Crippen LogP contribution in [0.4, 0.5) is 0 Å². The Labute approximate surface area is 176 Å². The summed E-state index contributed by atoms with van der Waals surface area (Å²) in [6.07, 6.45) is 1.01. The number of carbonyl (C=O) groups is 1. The van der Waals surface area contributed by atoms with E-state index >= 15 is 0 Å². The van der Waals surface area contributed by atoms with Gasteiger partial charge < -0.3 is 10.1 Å². The molecule has 0 aliphatic heterocycles. The first kappa shape index (κ1) is 21.1. The van der Waals surface area contributed by atoms with Gasteiger partial charge in [0, 0.05) is 10.4 Å². The molecule has 152 valence electrons. The lowest BCUT2D eigenvalue weighted by atomic mass is 10.0. The van der Waals surface area contributed by atoms with Gasteiger partial charge in [0.15, 0.2) is 0 Å². The average Bonchev–Trinajstić information content (AvgIpc) is 3.28. The highest BCUT2D eigenvalue weighted by Crippen LogP contribution is 2.27. The number of carbonyl (C=O) groups excluding carboxylic acids is 1. The number of nitrogens with one attached hydrogen (secondary N) is 2. The van der Waals surface area contributed by atoms with E-state index in [-0.39, 0.29) is 24.5 Å². The van der Waals surface area contributed by atoms with Gasteiger partial charge in [-0.05, 0) is 42.0 Å². The summed E-state index contributed by atoms with van der Waals surface area (Å²) in [6.45, 7) is 4.35.